The molecule has 0 fully saturated rings. The Morgan fingerprint density at radius 2 is 0.776 bits per heavy atom. The van der Waals surface area contributed by atoms with Crippen LogP contribution in [0.1, 0.15) is 290 Å². The minimum atomic E-state index is -0.820. The van der Waals surface area contributed by atoms with Gasteiger partial charge in [-0.25, -0.2) is 0 Å². The summed E-state index contributed by atoms with van der Waals surface area (Å²) in [5.74, 6) is -0.617. The molecule has 6 heteroatoms. The minimum Gasteiger partial charge on any atom is -0.458 e. The molecule has 0 saturated carbocycles. The maximum atomic E-state index is 13.2. The molecule has 0 radical (unpaired) electrons. The maximum Gasteiger partial charge on any atom is 0.306 e. The number of esters is 1. The number of nitrogens with one attached hydrogen (secondary N) is 1. The van der Waals surface area contributed by atoms with Crippen LogP contribution >= 0.6 is 0 Å². The van der Waals surface area contributed by atoms with Gasteiger partial charge in [-0.15, -0.1) is 0 Å². The number of carbonyl (C=O) groups excluding carboxylic acids is 2. The van der Waals surface area contributed by atoms with Gasteiger partial charge in [0, 0.05) is 6.42 Å². The van der Waals surface area contributed by atoms with Crippen LogP contribution in [0.2, 0.25) is 0 Å². The molecule has 67 heavy (non-hydrogen) atoms. The van der Waals surface area contributed by atoms with Gasteiger partial charge in [0.2, 0.25) is 5.91 Å². The molecule has 0 rings (SSSR count). The van der Waals surface area contributed by atoms with Crippen LogP contribution in [0.4, 0.5) is 0 Å². The average molecular weight is 939 g/mol. The zero-order valence-corrected chi connectivity index (χ0v) is 44.5. The topological polar surface area (TPSA) is 95.9 Å². The van der Waals surface area contributed by atoms with E-state index in [2.05, 4.69) is 74.7 Å². The Bertz CT molecular complexity index is 1190. The van der Waals surface area contributed by atoms with Gasteiger partial charge < -0.3 is 20.3 Å². The second-order valence-corrected chi connectivity index (χ2v) is 19.7. The Hall–Kier alpha value is -2.44. The molecule has 0 bridgehead atoms. The first-order valence-corrected chi connectivity index (χ1v) is 29.0. The fraction of sp³-hybridized carbons (Fsp3) is 0.803. The molecule has 3 unspecified atom stereocenters. The summed E-state index contributed by atoms with van der Waals surface area (Å²) < 4.78 is 5.85. The highest BCUT2D eigenvalue weighted by Crippen LogP contribution is 2.17. The van der Waals surface area contributed by atoms with Crippen molar-refractivity contribution in [2.45, 2.75) is 309 Å². The molecule has 0 heterocycles. The second kappa shape index (κ2) is 54.5. The van der Waals surface area contributed by atoms with E-state index in [1.54, 1.807) is 0 Å². The third-order valence-corrected chi connectivity index (χ3v) is 13.1. The second-order valence-electron chi connectivity index (χ2n) is 19.7. The number of hydrogen-bond acceptors (Lipinski definition) is 5. The van der Waals surface area contributed by atoms with Crippen LogP contribution in [0.15, 0.2) is 60.8 Å². The van der Waals surface area contributed by atoms with Gasteiger partial charge in [0.15, 0.2) is 0 Å². The van der Waals surface area contributed by atoms with Crippen LogP contribution in [-0.2, 0) is 14.3 Å². The third-order valence-electron chi connectivity index (χ3n) is 13.1. The van der Waals surface area contributed by atoms with Crippen molar-refractivity contribution in [2.75, 3.05) is 6.61 Å². The lowest BCUT2D eigenvalue weighted by Crippen LogP contribution is -2.46. The van der Waals surface area contributed by atoms with Crippen molar-refractivity contribution < 1.29 is 24.5 Å². The predicted octanol–water partition coefficient (Wildman–Crippen LogP) is 18.0. The van der Waals surface area contributed by atoms with Crippen molar-refractivity contribution in [1.82, 2.24) is 5.32 Å². The van der Waals surface area contributed by atoms with Gasteiger partial charge in [-0.1, -0.05) is 287 Å². The van der Waals surface area contributed by atoms with Crippen molar-refractivity contribution in [3.05, 3.63) is 60.8 Å². The van der Waals surface area contributed by atoms with Crippen molar-refractivity contribution in [2.24, 2.45) is 0 Å². The number of aliphatic hydroxyl groups excluding tert-OH is 2. The van der Waals surface area contributed by atoms with Crippen LogP contribution in [0.25, 0.3) is 0 Å². The van der Waals surface area contributed by atoms with E-state index in [4.69, 9.17) is 4.74 Å². The van der Waals surface area contributed by atoms with Gasteiger partial charge in [-0.2, -0.15) is 0 Å². The number of hydrogen-bond donors (Lipinski definition) is 3. The number of amides is 1. The molecular weight excluding hydrogens is 827 g/mol. The van der Waals surface area contributed by atoms with Crippen LogP contribution in [0.3, 0.4) is 0 Å². The molecule has 6 nitrogen and oxygen atoms in total. The Morgan fingerprint density at radius 3 is 1.13 bits per heavy atom. The number of unbranched alkanes of at least 4 members (excludes halogenated alkanes) is 32. The van der Waals surface area contributed by atoms with Crippen molar-refractivity contribution >= 4 is 11.9 Å². The summed E-state index contributed by atoms with van der Waals surface area (Å²) in [6.45, 7) is 6.37. The van der Waals surface area contributed by atoms with Crippen LogP contribution in [-0.4, -0.2) is 46.9 Å². The highest BCUT2D eigenvalue weighted by atomic mass is 16.5. The number of carbonyl (C=O) groups is 2. The molecule has 0 aliphatic heterocycles. The molecule has 0 aliphatic rings. The van der Waals surface area contributed by atoms with Gasteiger partial charge in [0.1, 0.15) is 6.10 Å². The van der Waals surface area contributed by atoms with Crippen molar-refractivity contribution in [3.8, 4) is 0 Å². The highest BCUT2D eigenvalue weighted by molar-refractivity contribution is 5.78. The van der Waals surface area contributed by atoms with Gasteiger partial charge >= 0.3 is 5.97 Å². The molecule has 0 saturated heterocycles. The molecule has 3 N–H and O–H groups in total. The zero-order chi connectivity index (χ0) is 48.8. The van der Waals surface area contributed by atoms with E-state index in [9.17, 15) is 19.8 Å². The van der Waals surface area contributed by atoms with E-state index < -0.39 is 18.2 Å². The molecule has 0 aliphatic carbocycles. The fourth-order valence-corrected chi connectivity index (χ4v) is 8.75. The van der Waals surface area contributed by atoms with Gasteiger partial charge in [0.25, 0.3) is 0 Å². The number of allylic oxidation sites excluding steroid dienone is 9. The molecule has 0 spiro atoms. The lowest BCUT2D eigenvalue weighted by molar-refractivity contribution is -0.148. The first-order valence-electron chi connectivity index (χ1n) is 29.0. The normalized spacial score (nSPS) is 13.6. The van der Waals surface area contributed by atoms with Crippen LogP contribution < -0.4 is 5.32 Å². The first kappa shape index (κ1) is 64.6. The number of aliphatic hydroxyl groups is 2. The largest absolute Gasteiger partial charge is 0.458 e. The minimum absolute atomic E-state index is 0.0438. The maximum absolute atomic E-state index is 13.2. The van der Waals surface area contributed by atoms with E-state index in [1.807, 2.05) is 12.2 Å². The Morgan fingerprint density at radius 1 is 0.448 bits per heavy atom. The summed E-state index contributed by atoms with van der Waals surface area (Å²) in [4.78, 5) is 26.2. The summed E-state index contributed by atoms with van der Waals surface area (Å²) in [6.07, 6.45) is 69.0. The van der Waals surface area contributed by atoms with Gasteiger partial charge in [-0.3, -0.25) is 9.59 Å². The number of ether oxygens (including phenoxy) is 1. The SMILES string of the molecule is CC/C=C/C/C=C/C/C=C/C/C=C/C/C=C/C(CC(=O)NC(CO)C(O)CCCCCCCCCCCCCCCCCC)OC(=O)CCCCCCCCCCCCCCCCCCCC. The van der Waals surface area contributed by atoms with Crippen LogP contribution in [0.5, 0.6) is 0 Å². The van der Waals surface area contributed by atoms with E-state index in [0.29, 0.717) is 19.3 Å². The molecule has 0 aromatic carbocycles. The molecule has 0 aromatic rings. The summed E-state index contributed by atoms with van der Waals surface area (Å²) in [5.41, 5.74) is 0. The Balaban J connectivity index is 4.60. The van der Waals surface area contributed by atoms with Crippen molar-refractivity contribution in [1.29, 1.82) is 0 Å². The smallest absolute Gasteiger partial charge is 0.306 e. The summed E-state index contributed by atoms with van der Waals surface area (Å²) in [5, 5.41) is 23.8. The Labute approximate surface area is 416 Å². The zero-order valence-electron chi connectivity index (χ0n) is 44.5. The monoisotopic (exact) mass is 938 g/mol. The molecule has 3 atom stereocenters. The molecule has 0 aromatic heterocycles. The average Bonchev–Trinajstić information content (AvgIpc) is 3.32. The fourth-order valence-electron chi connectivity index (χ4n) is 8.75. The van der Waals surface area contributed by atoms with E-state index in [-0.39, 0.29) is 24.9 Å². The number of rotatable bonds is 52. The quantitative estimate of drug-likeness (QED) is 0.0321. The van der Waals surface area contributed by atoms with E-state index in [1.165, 1.54) is 180 Å². The predicted molar refractivity (Wildman–Crippen MR) is 292 cm³/mol. The summed E-state index contributed by atoms with van der Waals surface area (Å²) in [7, 11) is 0. The van der Waals surface area contributed by atoms with Gasteiger partial charge in [-0.05, 0) is 51.0 Å². The van der Waals surface area contributed by atoms with Gasteiger partial charge in [0.05, 0.1) is 25.2 Å². The summed E-state index contributed by atoms with van der Waals surface area (Å²) in [6, 6.07) is -0.742. The lowest BCUT2D eigenvalue weighted by Gasteiger charge is -2.23. The van der Waals surface area contributed by atoms with E-state index >= 15 is 0 Å². The molecular formula is C61H111NO5. The van der Waals surface area contributed by atoms with Crippen molar-refractivity contribution in [3.63, 3.8) is 0 Å². The first-order chi connectivity index (χ1) is 33.0. The third kappa shape index (κ3) is 49.8. The standard InChI is InChI=1S/C61H111NO5/c1-4-7-10-13-16-19-22-25-28-30-31-33-36-39-42-45-48-51-54-61(66)67-57(52-49-46-43-40-37-34-27-24-21-18-15-12-9-6-3)55-60(65)62-58(56-63)59(64)53-50-47-44-41-38-35-32-29-26-23-20-17-14-11-8-5-2/h9,12,18,21,27,34,40,43,49,52,57-59,63-64H,4-8,10-11,13-17,19-20,22-26,28-33,35-39,41-42,44-48,50-51,53-56H2,1-3H3,(H,62,65)/b12-9+,21-18+,34-27+,43-40+,52-49+. The molecule has 1 amide bonds. The summed E-state index contributed by atoms with van der Waals surface area (Å²) >= 11 is 0. The van der Waals surface area contributed by atoms with E-state index in [0.717, 1.165) is 64.2 Å². The lowest BCUT2D eigenvalue weighted by atomic mass is 10.0. The molecule has 390 valence electrons. The highest BCUT2D eigenvalue weighted by Gasteiger charge is 2.23. The Kier molecular flexibility index (Phi) is 52.5. The van der Waals surface area contributed by atoms with Crippen LogP contribution in [0, 0.1) is 0 Å².